The number of nitrogens with one attached hydrogen (secondary N) is 1. The average molecular weight is 237 g/mol. The minimum absolute atomic E-state index is 0.0978. The van der Waals surface area contributed by atoms with E-state index in [9.17, 15) is 4.79 Å². The molecule has 1 amide bonds. The number of aryl methyl sites for hydroxylation is 1. The van der Waals surface area contributed by atoms with Gasteiger partial charge in [0, 0.05) is 18.9 Å². The molecule has 6 nitrogen and oxygen atoms in total. The van der Waals surface area contributed by atoms with Crippen molar-refractivity contribution >= 4 is 17.4 Å². The van der Waals surface area contributed by atoms with E-state index in [1.54, 1.807) is 16.9 Å². The molecule has 0 bridgehead atoms. The van der Waals surface area contributed by atoms with Crippen LogP contribution in [0.3, 0.4) is 0 Å². The van der Waals surface area contributed by atoms with Gasteiger partial charge in [0.15, 0.2) is 0 Å². The van der Waals surface area contributed by atoms with Crippen molar-refractivity contribution in [1.29, 1.82) is 0 Å². The standard InChI is InChI=1S/C9H11N5OS/c1-7-6-14(13-12-7)5-4-10-9(15)8-2-3-11-16-8/h2-3,6H,4-5H2,1H3,(H,10,15). The highest BCUT2D eigenvalue weighted by molar-refractivity contribution is 7.08. The molecular weight excluding hydrogens is 226 g/mol. The highest BCUT2D eigenvalue weighted by Crippen LogP contribution is 2.03. The molecular formula is C9H11N5OS. The van der Waals surface area contributed by atoms with E-state index in [-0.39, 0.29) is 5.91 Å². The van der Waals surface area contributed by atoms with Crippen LogP contribution in [0.1, 0.15) is 15.4 Å². The first kappa shape index (κ1) is 10.7. The third kappa shape index (κ3) is 2.63. The fourth-order valence-corrected chi connectivity index (χ4v) is 1.72. The smallest absolute Gasteiger partial charge is 0.263 e. The summed E-state index contributed by atoms with van der Waals surface area (Å²) in [7, 11) is 0. The Hall–Kier alpha value is -1.76. The number of nitrogens with zero attached hydrogens (tertiary/aromatic N) is 4. The molecule has 0 saturated heterocycles. The van der Waals surface area contributed by atoms with Crippen molar-refractivity contribution in [3.05, 3.63) is 29.0 Å². The maximum atomic E-state index is 11.5. The van der Waals surface area contributed by atoms with Crippen LogP contribution in [0.15, 0.2) is 18.5 Å². The van der Waals surface area contributed by atoms with E-state index in [0.717, 1.165) is 5.69 Å². The number of amides is 1. The average Bonchev–Trinajstić information content (AvgIpc) is 2.89. The van der Waals surface area contributed by atoms with Crippen molar-refractivity contribution in [3.8, 4) is 0 Å². The Morgan fingerprint density at radius 1 is 1.62 bits per heavy atom. The lowest BCUT2D eigenvalue weighted by atomic mass is 10.4. The Bertz CT molecular complexity index is 464. The molecule has 84 valence electrons. The van der Waals surface area contributed by atoms with Crippen LogP contribution in [-0.4, -0.2) is 31.8 Å². The Labute approximate surface area is 96.5 Å². The molecule has 0 aliphatic carbocycles. The fourth-order valence-electron chi connectivity index (χ4n) is 1.21. The Morgan fingerprint density at radius 3 is 3.12 bits per heavy atom. The van der Waals surface area contributed by atoms with Crippen molar-refractivity contribution in [2.75, 3.05) is 6.54 Å². The van der Waals surface area contributed by atoms with Gasteiger partial charge in [-0.25, -0.2) is 4.37 Å². The van der Waals surface area contributed by atoms with Crippen LogP contribution in [0.5, 0.6) is 0 Å². The third-order valence-corrected chi connectivity index (χ3v) is 2.69. The summed E-state index contributed by atoms with van der Waals surface area (Å²) >= 11 is 1.18. The number of hydrogen-bond donors (Lipinski definition) is 1. The molecule has 0 aromatic carbocycles. The zero-order valence-electron chi connectivity index (χ0n) is 8.75. The maximum Gasteiger partial charge on any atom is 0.263 e. The van der Waals surface area contributed by atoms with E-state index in [2.05, 4.69) is 20.0 Å². The van der Waals surface area contributed by atoms with Crippen LogP contribution in [-0.2, 0) is 6.54 Å². The summed E-state index contributed by atoms with van der Waals surface area (Å²) in [4.78, 5) is 12.1. The molecule has 16 heavy (non-hydrogen) atoms. The minimum atomic E-state index is -0.0978. The minimum Gasteiger partial charge on any atom is -0.349 e. The van der Waals surface area contributed by atoms with Gasteiger partial charge in [0.05, 0.1) is 12.2 Å². The second-order valence-corrected chi connectivity index (χ2v) is 4.09. The molecule has 0 spiro atoms. The molecule has 0 aliphatic heterocycles. The summed E-state index contributed by atoms with van der Waals surface area (Å²) in [5, 5.41) is 10.5. The van der Waals surface area contributed by atoms with Crippen LogP contribution >= 0.6 is 11.5 Å². The Balaban J connectivity index is 1.78. The fraction of sp³-hybridized carbons (Fsp3) is 0.333. The second kappa shape index (κ2) is 4.84. The molecule has 0 unspecified atom stereocenters. The predicted octanol–water partition coefficient (Wildman–Crippen LogP) is 0.473. The molecule has 2 aromatic heterocycles. The topological polar surface area (TPSA) is 72.7 Å². The SMILES string of the molecule is Cc1cn(CCNC(=O)c2ccns2)nn1. The Kier molecular flexibility index (Phi) is 3.25. The lowest BCUT2D eigenvalue weighted by molar-refractivity contribution is 0.0956. The number of rotatable bonds is 4. The van der Waals surface area contributed by atoms with Gasteiger partial charge >= 0.3 is 0 Å². The molecule has 0 fully saturated rings. The molecule has 7 heteroatoms. The molecule has 0 aliphatic rings. The van der Waals surface area contributed by atoms with Crippen molar-refractivity contribution < 1.29 is 4.79 Å². The quantitative estimate of drug-likeness (QED) is 0.839. The molecule has 2 rings (SSSR count). The molecule has 2 aromatic rings. The van der Waals surface area contributed by atoms with E-state index in [0.29, 0.717) is 18.0 Å². The number of hydrogen-bond acceptors (Lipinski definition) is 5. The summed E-state index contributed by atoms with van der Waals surface area (Å²) in [6, 6.07) is 1.69. The van der Waals surface area contributed by atoms with E-state index in [1.165, 1.54) is 11.5 Å². The van der Waals surface area contributed by atoms with Gasteiger partial charge in [-0.1, -0.05) is 5.21 Å². The maximum absolute atomic E-state index is 11.5. The largest absolute Gasteiger partial charge is 0.349 e. The van der Waals surface area contributed by atoms with Gasteiger partial charge in [-0.05, 0) is 24.5 Å². The third-order valence-electron chi connectivity index (χ3n) is 1.94. The summed E-state index contributed by atoms with van der Waals surface area (Å²) < 4.78 is 5.56. The summed E-state index contributed by atoms with van der Waals surface area (Å²) in [6.45, 7) is 3.02. The second-order valence-electron chi connectivity index (χ2n) is 3.26. The molecule has 0 atom stereocenters. The lowest BCUT2D eigenvalue weighted by Gasteiger charge is -2.02. The summed E-state index contributed by atoms with van der Waals surface area (Å²) in [5.74, 6) is -0.0978. The summed E-state index contributed by atoms with van der Waals surface area (Å²) in [5.41, 5.74) is 0.869. The van der Waals surface area contributed by atoms with Crippen molar-refractivity contribution in [3.63, 3.8) is 0 Å². The van der Waals surface area contributed by atoms with Crippen LogP contribution in [0.2, 0.25) is 0 Å². The van der Waals surface area contributed by atoms with Gasteiger partial charge in [0.1, 0.15) is 4.88 Å². The molecule has 2 heterocycles. The lowest BCUT2D eigenvalue weighted by Crippen LogP contribution is -2.26. The van der Waals surface area contributed by atoms with E-state index in [1.807, 2.05) is 13.1 Å². The van der Waals surface area contributed by atoms with Gasteiger partial charge in [0.25, 0.3) is 5.91 Å². The predicted molar refractivity (Wildman–Crippen MR) is 59.2 cm³/mol. The van der Waals surface area contributed by atoms with E-state index < -0.39 is 0 Å². The van der Waals surface area contributed by atoms with Gasteiger partial charge in [0.2, 0.25) is 0 Å². The zero-order chi connectivity index (χ0) is 11.4. The van der Waals surface area contributed by atoms with Crippen molar-refractivity contribution in [2.45, 2.75) is 13.5 Å². The Morgan fingerprint density at radius 2 is 2.50 bits per heavy atom. The monoisotopic (exact) mass is 237 g/mol. The van der Waals surface area contributed by atoms with Gasteiger partial charge in [-0.2, -0.15) is 0 Å². The first-order valence-corrected chi connectivity index (χ1v) is 5.58. The summed E-state index contributed by atoms with van der Waals surface area (Å²) in [6.07, 6.45) is 3.44. The van der Waals surface area contributed by atoms with E-state index in [4.69, 9.17) is 0 Å². The van der Waals surface area contributed by atoms with Gasteiger partial charge in [-0.15, -0.1) is 5.10 Å². The van der Waals surface area contributed by atoms with Gasteiger partial charge < -0.3 is 5.32 Å². The van der Waals surface area contributed by atoms with Crippen LogP contribution in [0, 0.1) is 6.92 Å². The zero-order valence-corrected chi connectivity index (χ0v) is 9.57. The van der Waals surface area contributed by atoms with Crippen LogP contribution < -0.4 is 5.32 Å². The highest BCUT2D eigenvalue weighted by Gasteiger charge is 2.06. The first-order valence-electron chi connectivity index (χ1n) is 4.81. The molecule has 0 saturated carbocycles. The van der Waals surface area contributed by atoms with Crippen molar-refractivity contribution in [2.24, 2.45) is 0 Å². The first-order chi connectivity index (χ1) is 7.75. The number of aromatic nitrogens is 4. The van der Waals surface area contributed by atoms with E-state index >= 15 is 0 Å². The highest BCUT2D eigenvalue weighted by atomic mass is 32.1. The van der Waals surface area contributed by atoms with Crippen LogP contribution in [0.25, 0.3) is 0 Å². The molecule has 0 radical (unpaired) electrons. The number of carbonyl (C=O) groups is 1. The van der Waals surface area contributed by atoms with Crippen LogP contribution in [0.4, 0.5) is 0 Å². The van der Waals surface area contributed by atoms with Gasteiger partial charge in [-0.3, -0.25) is 9.48 Å². The number of carbonyl (C=O) groups excluding carboxylic acids is 1. The van der Waals surface area contributed by atoms with Crippen molar-refractivity contribution in [1.82, 2.24) is 24.7 Å². The normalized spacial score (nSPS) is 10.3. The molecule has 1 N–H and O–H groups in total.